The SMILES string of the molecule is CCC(CNC(=O)N(CCOC)C(C)C1CC1)C(=O)O. The Balaban J connectivity index is 2.51. The molecule has 1 saturated carbocycles. The molecular formula is C14H26N2O4. The second-order valence-corrected chi connectivity index (χ2v) is 5.39. The minimum atomic E-state index is -0.869. The van der Waals surface area contributed by atoms with E-state index in [1.165, 1.54) is 0 Å². The number of hydrogen-bond acceptors (Lipinski definition) is 3. The maximum atomic E-state index is 12.2. The number of nitrogens with one attached hydrogen (secondary N) is 1. The quantitative estimate of drug-likeness (QED) is 0.674. The zero-order valence-corrected chi connectivity index (χ0v) is 12.6. The summed E-state index contributed by atoms with van der Waals surface area (Å²) in [4.78, 5) is 24.9. The van der Waals surface area contributed by atoms with E-state index in [-0.39, 0.29) is 18.6 Å². The Bertz CT molecular complexity index is 331. The average molecular weight is 286 g/mol. The van der Waals surface area contributed by atoms with Gasteiger partial charge in [-0.3, -0.25) is 4.79 Å². The van der Waals surface area contributed by atoms with E-state index in [2.05, 4.69) is 5.32 Å². The highest BCUT2D eigenvalue weighted by molar-refractivity contribution is 5.76. The van der Waals surface area contributed by atoms with Crippen molar-refractivity contribution in [3.8, 4) is 0 Å². The number of carbonyl (C=O) groups excluding carboxylic acids is 1. The van der Waals surface area contributed by atoms with E-state index >= 15 is 0 Å². The van der Waals surface area contributed by atoms with Gasteiger partial charge in [0.25, 0.3) is 0 Å². The van der Waals surface area contributed by atoms with Crippen LogP contribution in [0.1, 0.15) is 33.1 Å². The van der Waals surface area contributed by atoms with Crippen LogP contribution in [0.2, 0.25) is 0 Å². The van der Waals surface area contributed by atoms with Crippen LogP contribution in [0, 0.1) is 11.8 Å². The van der Waals surface area contributed by atoms with Crippen LogP contribution in [0.3, 0.4) is 0 Å². The van der Waals surface area contributed by atoms with Crippen LogP contribution >= 0.6 is 0 Å². The van der Waals surface area contributed by atoms with Crippen molar-refractivity contribution in [2.45, 2.75) is 39.2 Å². The Hall–Kier alpha value is -1.30. The first-order chi connectivity index (χ1) is 9.51. The number of carboxylic acid groups (broad SMARTS) is 1. The molecule has 0 aromatic carbocycles. The van der Waals surface area contributed by atoms with E-state index in [1.54, 1.807) is 18.9 Å². The molecule has 0 aromatic rings. The van der Waals surface area contributed by atoms with Crippen LogP contribution in [0.15, 0.2) is 0 Å². The second-order valence-electron chi connectivity index (χ2n) is 5.39. The molecule has 0 radical (unpaired) electrons. The number of hydrogen-bond donors (Lipinski definition) is 2. The first kappa shape index (κ1) is 16.8. The second kappa shape index (κ2) is 8.09. The van der Waals surface area contributed by atoms with Crippen LogP contribution in [-0.4, -0.2) is 54.9 Å². The van der Waals surface area contributed by atoms with Crippen molar-refractivity contribution in [2.75, 3.05) is 26.8 Å². The van der Waals surface area contributed by atoms with Gasteiger partial charge in [-0.2, -0.15) is 0 Å². The molecule has 2 amide bonds. The van der Waals surface area contributed by atoms with Gasteiger partial charge in [0, 0.05) is 26.2 Å². The van der Waals surface area contributed by atoms with E-state index in [4.69, 9.17) is 9.84 Å². The lowest BCUT2D eigenvalue weighted by molar-refractivity contribution is -0.141. The number of carboxylic acids is 1. The third kappa shape index (κ3) is 5.00. The first-order valence-electron chi connectivity index (χ1n) is 7.27. The standard InChI is InChI=1S/C14H26N2O4/c1-4-11(13(17)18)9-15-14(19)16(7-8-20-3)10(2)12-5-6-12/h10-12H,4-9H2,1-3H3,(H,15,19)(H,17,18). The van der Waals surface area contributed by atoms with Crippen LogP contribution < -0.4 is 5.32 Å². The molecule has 6 nitrogen and oxygen atoms in total. The summed E-state index contributed by atoms with van der Waals surface area (Å²) in [5.74, 6) is -0.829. The molecule has 1 aliphatic rings. The molecule has 116 valence electrons. The van der Waals surface area contributed by atoms with Gasteiger partial charge < -0.3 is 20.1 Å². The molecule has 20 heavy (non-hydrogen) atoms. The average Bonchev–Trinajstić information content (AvgIpc) is 3.23. The van der Waals surface area contributed by atoms with Crippen LogP contribution in [0.25, 0.3) is 0 Å². The monoisotopic (exact) mass is 286 g/mol. The lowest BCUT2D eigenvalue weighted by Crippen LogP contribution is -2.48. The molecular weight excluding hydrogens is 260 g/mol. The number of aliphatic carboxylic acids is 1. The number of nitrogens with zero attached hydrogens (tertiary/aromatic N) is 1. The summed E-state index contributed by atoms with van der Waals surface area (Å²) >= 11 is 0. The van der Waals surface area contributed by atoms with E-state index in [1.807, 2.05) is 6.92 Å². The fourth-order valence-electron chi connectivity index (χ4n) is 2.23. The maximum Gasteiger partial charge on any atom is 0.317 e. The minimum absolute atomic E-state index is 0.172. The number of urea groups is 1. The normalized spacial score (nSPS) is 17.4. The summed E-state index contributed by atoms with van der Waals surface area (Å²) < 4.78 is 5.04. The zero-order chi connectivity index (χ0) is 15.1. The van der Waals surface area contributed by atoms with Gasteiger partial charge >= 0.3 is 12.0 Å². The largest absolute Gasteiger partial charge is 0.481 e. The molecule has 0 spiro atoms. The van der Waals surface area contributed by atoms with Gasteiger partial charge in [-0.25, -0.2) is 4.79 Å². The van der Waals surface area contributed by atoms with E-state index in [0.29, 0.717) is 25.5 Å². The summed E-state index contributed by atoms with van der Waals surface area (Å²) in [7, 11) is 1.61. The van der Waals surface area contributed by atoms with E-state index in [9.17, 15) is 9.59 Å². The van der Waals surface area contributed by atoms with Crippen molar-refractivity contribution >= 4 is 12.0 Å². The van der Waals surface area contributed by atoms with Crippen molar-refractivity contribution in [1.82, 2.24) is 10.2 Å². The molecule has 0 saturated heterocycles. The highest BCUT2D eigenvalue weighted by atomic mass is 16.5. The molecule has 2 atom stereocenters. The number of ether oxygens (including phenoxy) is 1. The lowest BCUT2D eigenvalue weighted by Gasteiger charge is -2.29. The Labute approximate surface area is 120 Å². The molecule has 6 heteroatoms. The van der Waals surface area contributed by atoms with Crippen LogP contribution in [-0.2, 0) is 9.53 Å². The molecule has 1 fully saturated rings. The van der Waals surface area contributed by atoms with Gasteiger partial charge in [-0.05, 0) is 32.1 Å². The number of carbonyl (C=O) groups is 2. The topological polar surface area (TPSA) is 78.9 Å². The summed E-state index contributed by atoms with van der Waals surface area (Å²) in [6.45, 7) is 5.04. The summed E-state index contributed by atoms with van der Waals surface area (Å²) in [5, 5.41) is 11.7. The molecule has 0 aromatic heterocycles. The maximum absolute atomic E-state index is 12.2. The van der Waals surface area contributed by atoms with Gasteiger partial charge in [-0.1, -0.05) is 6.92 Å². The molecule has 1 rings (SSSR count). The fraction of sp³-hybridized carbons (Fsp3) is 0.857. The smallest absolute Gasteiger partial charge is 0.317 e. The molecule has 0 bridgehead atoms. The third-order valence-corrected chi connectivity index (χ3v) is 3.93. The number of amides is 2. The Morgan fingerprint density at radius 1 is 1.45 bits per heavy atom. The van der Waals surface area contributed by atoms with Crippen molar-refractivity contribution in [3.05, 3.63) is 0 Å². The summed E-state index contributed by atoms with van der Waals surface area (Å²) in [5.41, 5.74) is 0. The number of methoxy groups -OCH3 is 1. The van der Waals surface area contributed by atoms with Gasteiger partial charge in [0.2, 0.25) is 0 Å². The van der Waals surface area contributed by atoms with Gasteiger partial charge in [0.05, 0.1) is 12.5 Å². The lowest BCUT2D eigenvalue weighted by atomic mass is 10.1. The Morgan fingerprint density at radius 2 is 2.10 bits per heavy atom. The summed E-state index contributed by atoms with van der Waals surface area (Å²) in [6.07, 6.45) is 2.82. The van der Waals surface area contributed by atoms with Gasteiger partial charge in [0.1, 0.15) is 0 Å². The minimum Gasteiger partial charge on any atom is -0.481 e. The summed E-state index contributed by atoms with van der Waals surface area (Å²) in [6, 6.07) is -0.0174. The first-order valence-corrected chi connectivity index (χ1v) is 7.27. The molecule has 1 aliphatic carbocycles. The van der Waals surface area contributed by atoms with Crippen LogP contribution in [0.4, 0.5) is 4.79 Å². The highest BCUT2D eigenvalue weighted by Gasteiger charge is 2.34. The molecule has 0 heterocycles. The molecule has 2 unspecified atom stereocenters. The number of rotatable bonds is 9. The zero-order valence-electron chi connectivity index (χ0n) is 12.6. The van der Waals surface area contributed by atoms with Crippen molar-refractivity contribution in [2.24, 2.45) is 11.8 Å². The van der Waals surface area contributed by atoms with Crippen molar-refractivity contribution < 1.29 is 19.4 Å². The van der Waals surface area contributed by atoms with E-state index in [0.717, 1.165) is 12.8 Å². The Kier molecular flexibility index (Phi) is 6.78. The predicted molar refractivity (Wildman–Crippen MR) is 75.6 cm³/mol. The molecule has 0 aliphatic heterocycles. The van der Waals surface area contributed by atoms with Crippen molar-refractivity contribution in [1.29, 1.82) is 0 Å². The van der Waals surface area contributed by atoms with E-state index < -0.39 is 11.9 Å². The third-order valence-electron chi connectivity index (χ3n) is 3.93. The molecule has 2 N–H and O–H groups in total. The highest BCUT2D eigenvalue weighted by Crippen LogP contribution is 2.35. The van der Waals surface area contributed by atoms with Crippen LogP contribution in [0.5, 0.6) is 0 Å². The van der Waals surface area contributed by atoms with Crippen molar-refractivity contribution in [3.63, 3.8) is 0 Å². The van der Waals surface area contributed by atoms with Gasteiger partial charge in [-0.15, -0.1) is 0 Å². The fourth-order valence-corrected chi connectivity index (χ4v) is 2.23. The predicted octanol–water partition coefficient (Wildman–Crippen LogP) is 1.55. The van der Waals surface area contributed by atoms with Gasteiger partial charge in [0.15, 0.2) is 0 Å². The Morgan fingerprint density at radius 3 is 2.55 bits per heavy atom.